The molecule has 0 saturated carbocycles. The molecule has 1 aromatic heterocycles. The number of alkyl halides is 2. The summed E-state index contributed by atoms with van der Waals surface area (Å²) in [5.74, 6) is 2.13. The van der Waals surface area contributed by atoms with Crippen LogP contribution in [0.5, 0.6) is 0 Å². The Balaban J connectivity index is 2.51. The van der Waals surface area contributed by atoms with Gasteiger partial charge in [-0.15, -0.1) is 0 Å². The maximum absolute atomic E-state index is 5.91. The van der Waals surface area contributed by atoms with Gasteiger partial charge in [-0.2, -0.15) is 0 Å². The average Bonchev–Trinajstić information content (AvgIpc) is 2.82. The van der Waals surface area contributed by atoms with E-state index in [0.29, 0.717) is 9.65 Å². The Labute approximate surface area is 122 Å². The summed E-state index contributed by atoms with van der Waals surface area (Å²) in [5, 5.41) is 0. The first-order valence-corrected chi connectivity index (χ1v) is 8.39. The molecule has 0 fully saturated rings. The van der Waals surface area contributed by atoms with Gasteiger partial charge in [-0.25, -0.2) is 0 Å². The molecule has 0 N–H and O–H groups in total. The summed E-state index contributed by atoms with van der Waals surface area (Å²) < 4.78 is 5.91. The topological polar surface area (TPSA) is 13.1 Å². The summed E-state index contributed by atoms with van der Waals surface area (Å²) in [4.78, 5) is 0.726. The zero-order valence-electron chi connectivity index (χ0n) is 10.7. The van der Waals surface area contributed by atoms with Crippen LogP contribution in [0.15, 0.2) is 16.5 Å². The number of furan rings is 1. The quantitative estimate of drug-likeness (QED) is 0.477. The first-order chi connectivity index (χ1) is 8.19. The molecule has 1 rings (SSSR count). The van der Waals surface area contributed by atoms with E-state index in [1.54, 1.807) is 0 Å². The standard InChI is InChI=1S/C14H22Br2O/c1-3-5-7-11(15)13-9-10-14(17-13)12(16)8-6-4-2/h9-12H,3-8H2,1-2H3. The molecular weight excluding hydrogens is 344 g/mol. The second kappa shape index (κ2) is 8.36. The van der Waals surface area contributed by atoms with Gasteiger partial charge in [0.25, 0.3) is 0 Å². The lowest BCUT2D eigenvalue weighted by Gasteiger charge is -2.07. The van der Waals surface area contributed by atoms with E-state index in [9.17, 15) is 0 Å². The minimum atomic E-state index is 0.363. The van der Waals surface area contributed by atoms with Crippen molar-refractivity contribution in [2.75, 3.05) is 0 Å². The third-order valence-corrected chi connectivity index (χ3v) is 4.71. The van der Waals surface area contributed by atoms with E-state index in [1.807, 2.05) is 0 Å². The van der Waals surface area contributed by atoms with Crippen molar-refractivity contribution in [2.24, 2.45) is 0 Å². The first kappa shape index (κ1) is 15.3. The molecule has 0 amide bonds. The van der Waals surface area contributed by atoms with Crippen LogP contribution in [0.1, 0.15) is 73.5 Å². The smallest absolute Gasteiger partial charge is 0.117 e. The van der Waals surface area contributed by atoms with Crippen LogP contribution in [-0.2, 0) is 0 Å². The fourth-order valence-electron chi connectivity index (χ4n) is 1.76. The van der Waals surface area contributed by atoms with Crippen molar-refractivity contribution in [3.8, 4) is 0 Å². The van der Waals surface area contributed by atoms with Crippen molar-refractivity contribution in [3.63, 3.8) is 0 Å². The van der Waals surface area contributed by atoms with Crippen molar-refractivity contribution < 1.29 is 4.42 Å². The maximum atomic E-state index is 5.91. The molecule has 2 atom stereocenters. The van der Waals surface area contributed by atoms with Gasteiger partial charge in [0.15, 0.2) is 0 Å². The van der Waals surface area contributed by atoms with Crippen molar-refractivity contribution >= 4 is 31.9 Å². The molecule has 2 unspecified atom stereocenters. The summed E-state index contributed by atoms with van der Waals surface area (Å²) in [6.07, 6.45) is 7.22. The molecule has 1 nitrogen and oxygen atoms in total. The van der Waals surface area contributed by atoms with Crippen LogP contribution in [0.2, 0.25) is 0 Å². The monoisotopic (exact) mass is 364 g/mol. The maximum Gasteiger partial charge on any atom is 0.117 e. The zero-order chi connectivity index (χ0) is 12.7. The molecule has 3 heteroatoms. The lowest BCUT2D eigenvalue weighted by atomic mass is 10.1. The zero-order valence-corrected chi connectivity index (χ0v) is 13.9. The van der Waals surface area contributed by atoms with Gasteiger partial charge >= 0.3 is 0 Å². The Kier molecular flexibility index (Phi) is 7.52. The summed E-state index contributed by atoms with van der Waals surface area (Å²) in [6, 6.07) is 4.20. The highest BCUT2D eigenvalue weighted by molar-refractivity contribution is 9.09. The summed E-state index contributed by atoms with van der Waals surface area (Å²) in [7, 11) is 0. The molecule has 0 spiro atoms. The van der Waals surface area contributed by atoms with Crippen molar-refractivity contribution in [1.29, 1.82) is 0 Å². The molecule has 0 aliphatic carbocycles. The SMILES string of the molecule is CCCCC(Br)c1ccc(C(Br)CCCC)o1. The Morgan fingerprint density at radius 1 is 0.941 bits per heavy atom. The minimum Gasteiger partial charge on any atom is -0.464 e. The third kappa shape index (κ3) is 5.17. The van der Waals surface area contributed by atoms with Crippen molar-refractivity contribution in [1.82, 2.24) is 0 Å². The summed E-state index contributed by atoms with van der Waals surface area (Å²) >= 11 is 7.39. The van der Waals surface area contributed by atoms with Gasteiger partial charge in [-0.3, -0.25) is 0 Å². The Bertz CT molecular complexity index is 280. The van der Waals surface area contributed by atoms with Crippen LogP contribution in [0.25, 0.3) is 0 Å². The van der Waals surface area contributed by atoms with E-state index in [0.717, 1.165) is 24.4 Å². The highest BCUT2D eigenvalue weighted by Gasteiger charge is 2.15. The Morgan fingerprint density at radius 3 is 1.71 bits per heavy atom. The highest BCUT2D eigenvalue weighted by atomic mass is 79.9. The van der Waals surface area contributed by atoms with Gasteiger partial charge in [0.2, 0.25) is 0 Å². The van der Waals surface area contributed by atoms with Gasteiger partial charge in [0.1, 0.15) is 11.5 Å². The number of unbranched alkanes of at least 4 members (excludes halogenated alkanes) is 2. The van der Waals surface area contributed by atoms with Gasteiger partial charge in [0, 0.05) is 0 Å². The number of rotatable bonds is 8. The predicted octanol–water partition coefficient (Wildman–Crippen LogP) is 6.53. The fourth-order valence-corrected chi connectivity index (χ4v) is 2.90. The van der Waals surface area contributed by atoms with Gasteiger partial charge < -0.3 is 4.42 Å². The molecule has 98 valence electrons. The molecule has 1 heterocycles. The van der Waals surface area contributed by atoms with Crippen molar-refractivity contribution in [3.05, 3.63) is 23.7 Å². The van der Waals surface area contributed by atoms with Gasteiger partial charge in [-0.05, 0) is 25.0 Å². The largest absolute Gasteiger partial charge is 0.464 e. The average molecular weight is 366 g/mol. The molecule has 0 aliphatic heterocycles. The van der Waals surface area contributed by atoms with E-state index in [2.05, 4.69) is 57.8 Å². The van der Waals surface area contributed by atoms with E-state index in [4.69, 9.17) is 4.42 Å². The molecule has 1 aromatic rings. The Morgan fingerprint density at radius 2 is 1.35 bits per heavy atom. The Hall–Kier alpha value is 0.240. The van der Waals surface area contributed by atoms with E-state index in [-0.39, 0.29) is 0 Å². The normalized spacial score (nSPS) is 14.8. The number of hydrogen-bond donors (Lipinski definition) is 0. The highest BCUT2D eigenvalue weighted by Crippen LogP contribution is 2.35. The van der Waals surface area contributed by atoms with Crippen LogP contribution in [0.4, 0.5) is 0 Å². The summed E-state index contributed by atoms with van der Waals surface area (Å²) in [5.41, 5.74) is 0. The molecule has 0 bridgehead atoms. The van der Waals surface area contributed by atoms with E-state index < -0.39 is 0 Å². The number of halogens is 2. The molecule has 0 radical (unpaired) electrons. The molecule has 0 aliphatic rings. The van der Waals surface area contributed by atoms with Gasteiger partial charge in [-0.1, -0.05) is 71.4 Å². The van der Waals surface area contributed by atoms with Crippen LogP contribution >= 0.6 is 31.9 Å². The van der Waals surface area contributed by atoms with Crippen LogP contribution in [0.3, 0.4) is 0 Å². The molecule has 17 heavy (non-hydrogen) atoms. The van der Waals surface area contributed by atoms with Gasteiger partial charge in [0.05, 0.1) is 9.65 Å². The van der Waals surface area contributed by atoms with Crippen LogP contribution in [0, 0.1) is 0 Å². The van der Waals surface area contributed by atoms with E-state index in [1.165, 1.54) is 25.7 Å². The molecular formula is C14H22Br2O. The van der Waals surface area contributed by atoms with E-state index >= 15 is 0 Å². The first-order valence-electron chi connectivity index (χ1n) is 6.56. The predicted molar refractivity (Wildman–Crippen MR) is 81.1 cm³/mol. The third-order valence-electron chi connectivity index (χ3n) is 2.89. The minimum absolute atomic E-state index is 0.363. The van der Waals surface area contributed by atoms with Crippen LogP contribution < -0.4 is 0 Å². The lowest BCUT2D eigenvalue weighted by Crippen LogP contribution is -1.89. The summed E-state index contributed by atoms with van der Waals surface area (Å²) in [6.45, 7) is 4.43. The fraction of sp³-hybridized carbons (Fsp3) is 0.714. The second-order valence-electron chi connectivity index (χ2n) is 4.46. The molecule has 0 saturated heterocycles. The molecule has 0 aromatic carbocycles. The van der Waals surface area contributed by atoms with Crippen molar-refractivity contribution in [2.45, 2.75) is 62.0 Å². The second-order valence-corrected chi connectivity index (χ2v) is 6.67. The lowest BCUT2D eigenvalue weighted by molar-refractivity contribution is 0.447. The van der Waals surface area contributed by atoms with Crippen LogP contribution in [-0.4, -0.2) is 0 Å². The number of hydrogen-bond acceptors (Lipinski definition) is 1.